The van der Waals surface area contributed by atoms with Gasteiger partial charge in [-0.25, -0.2) is 9.78 Å². The van der Waals surface area contributed by atoms with Gasteiger partial charge in [-0.1, -0.05) is 26.2 Å². The second-order valence-corrected chi connectivity index (χ2v) is 5.49. The summed E-state index contributed by atoms with van der Waals surface area (Å²) >= 11 is 1.34. The fourth-order valence-corrected chi connectivity index (χ4v) is 3.19. The van der Waals surface area contributed by atoms with E-state index in [1.165, 1.54) is 30.6 Å². The molecule has 15 heavy (non-hydrogen) atoms. The van der Waals surface area contributed by atoms with E-state index in [9.17, 15) is 4.79 Å². The van der Waals surface area contributed by atoms with Crippen molar-refractivity contribution in [3.63, 3.8) is 0 Å². The maximum absolute atomic E-state index is 10.7. The van der Waals surface area contributed by atoms with Crippen molar-refractivity contribution in [3.8, 4) is 0 Å². The molecule has 1 saturated carbocycles. The van der Waals surface area contributed by atoms with E-state index in [1.807, 2.05) is 0 Å². The summed E-state index contributed by atoms with van der Waals surface area (Å²) in [5, 5.41) is 9.05. The van der Waals surface area contributed by atoms with Gasteiger partial charge < -0.3 is 5.11 Å². The van der Waals surface area contributed by atoms with Gasteiger partial charge in [-0.2, -0.15) is 0 Å². The molecule has 0 spiro atoms. The number of hydrogen-bond donors (Lipinski definition) is 1. The second kappa shape index (κ2) is 3.93. The highest BCUT2D eigenvalue weighted by Gasteiger charge is 2.31. The number of thiazole rings is 1. The third-order valence-electron chi connectivity index (χ3n) is 3.24. The second-order valence-electron chi connectivity index (χ2n) is 4.46. The van der Waals surface area contributed by atoms with E-state index in [1.54, 1.807) is 6.20 Å². The molecule has 0 unspecified atom stereocenters. The van der Waals surface area contributed by atoms with Crippen molar-refractivity contribution in [1.29, 1.82) is 0 Å². The first kappa shape index (κ1) is 10.6. The number of carboxylic acid groups (broad SMARTS) is 1. The first-order valence-electron chi connectivity index (χ1n) is 5.31. The topological polar surface area (TPSA) is 50.2 Å². The predicted molar refractivity (Wildman–Crippen MR) is 59.5 cm³/mol. The summed E-state index contributed by atoms with van der Waals surface area (Å²) in [5.41, 5.74) is 0.170. The van der Waals surface area contributed by atoms with Gasteiger partial charge in [0.2, 0.25) is 5.01 Å². The molecule has 0 aliphatic heterocycles. The number of aromatic nitrogens is 1. The van der Waals surface area contributed by atoms with Crippen molar-refractivity contribution in [2.45, 2.75) is 44.4 Å². The lowest BCUT2D eigenvalue weighted by Crippen LogP contribution is -2.23. The van der Waals surface area contributed by atoms with Crippen molar-refractivity contribution < 1.29 is 9.90 Å². The first-order chi connectivity index (χ1) is 7.12. The Hall–Kier alpha value is -0.900. The summed E-state index contributed by atoms with van der Waals surface area (Å²) in [4.78, 5) is 15.8. The molecule has 0 amide bonds. The Labute approximate surface area is 93.2 Å². The smallest absolute Gasteiger partial charge is 0.365 e. The molecule has 4 heteroatoms. The van der Waals surface area contributed by atoms with E-state index in [-0.39, 0.29) is 10.4 Å². The molecule has 3 nitrogen and oxygen atoms in total. The van der Waals surface area contributed by atoms with Gasteiger partial charge in [0.05, 0.1) is 0 Å². The SMILES string of the molecule is CC1(c2cnc(C(=O)O)s2)CCCCC1. The van der Waals surface area contributed by atoms with Crippen LogP contribution in [0.15, 0.2) is 6.20 Å². The van der Waals surface area contributed by atoms with Crippen molar-refractivity contribution in [3.05, 3.63) is 16.1 Å². The molecule has 0 aromatic carbocycles. The van der Waals surface area contributed by atoms with Crippen LogP contribution in [0, 0.1) is 0 Å². The maximum atomic E-state index is 10.7. The van der Waals surface area contributed by atoms with E-state index in [0.29, 0.717) is 0 Å². The minimum Gasteiger partial charge on any atom is -0.476 e. The summed E-state index contributed by atoms with van der Waals surface area (Å²) in [6.07, 6.45) is 7.87. The zero-order chi connectivity index (χ0) is 10.9. The first-order valence-corrected chi connectivity index (χ1v) is 6.13. The molecular formula is C11H15NO2S. The van der Waals surface area contributed by atoms with Gasteiger partial charge in [0.15, 0.2) is 0 Å². The van der Waals surface area contributed by atoms with Crippen LogP contribution in [0.2, 0.25) is 0 Å². The molecule has 0 saturated heterocycles. The summed E-state index contributed by atoms with van der Waals surface area (Å²) in [5.74, 6) is -0.911. The van der Waals surface area contributed by atoms with Gasteiger partial charge in [-0.15, -0.1) is 11.3 Å². The lowest BCUT2D eigenvalue weighted by atomic mass is 9.75. The number of rotatable bonds is 2. The van der Waals surface area contributed by atoms with Crippen molar-refractivity contribution >= 4 is 17.3 Å². The van der Waals surface area contributed by atoms with Crippen LogP contribution in [0.3, 0.4) is 0 Å². The molecular weight excluding hydrogens is 210 g/mol. The van der Waals surface area contributed by atoms with Crippen LogP contribution in [-0.4, -0.2) is 16.1 Å². The van der Waals surface area contributed by atoms with Gasteiger partial charge in [-0.3, -0.25) is 0 Å². The standard InChI is InChI=1S/C11H15NO2S/c1-11(5-3-2-4-6-11)8-7-12-9(15-8)10(13)14/h7H,2-6H2,1H3,(H,13,14). The van der Waals surface area contributed by atoms with Crippen molar-refractivity contribution in [2.75, 3.05) is 0 Å². The Morgan fingerprint density at radius 3 is 2.67 bits per heavy atom. The Morgan fingerprint density at radius 2 is 2.13 bits per heavy atom. The van der Waals surface area contributed by atoms with E-state index < -0.39 is 5.97 Å². The third-order valence-corrected chi connectivity index (χ3v) is 4.53. The molecule has 0 atom stereocenters. The molecule has 0 bridgehead atoms. The number of carbonyl (C=O) groups is 1. The van der Waals surface area contributed by atoms with Gasteiger partial charge in [0, 0.05) is 16.5 Å². The minimum atomic E-state index is -0.911. The quantitative estimate of drug-likeness (QED) is 0.841. The van der Waals surface area contributed by atoms with E-state index in [4.69, 9.17) is 5.11 Å². The van der Waals surface area contributed by atoms with Gasteiger partial charge >= 0.3 is 5.97 Å². The fourth-order valence-electron chi connectivity index (χ4n) is 2.23. The minimum absolute atomic E-state index is 0.170. The molecule has 82 valence electrons. The number of hydrogen-bond acceptors (Lipinski definition) is 3. The van der Waals surface area contributed by atoms with Gasteiger partial charge in [-0.05, 0) is 12.8 Å². The zero-order valence-corrected chi connectivity index (χ0v) is 9.64. The van der Waals surface area contributed by atoms with E-state index >= 15 is 0 Å². The van der Waals surface area contributed by atoms with Crippen LogP contribution in [0.25, 0.3) is 0 Å². The molecule has 1 aliphatic carbocycles. The van der Waals surface area contributed by atoms with E-state index in [2.05, 4.69) is 11.9 Å². The maximum Gasteiger partial charge on any atom is 0.365 e. The lowest BCUT2D eigenvalue weighted by Gasteiger charge is -2.32. The normalized spacial score (nSPS) is 20.1. The summed E-state index contributed by atoms with van der Waals surface area (Å²) < 4.78 is 0. The lowest BCUT2D eigenvalue weighted by molar-refractivity contribution is 0.0696. The third kappa shape index (κ3) is 2.04. The summed E-state index contributed by atoms with van der Waals surface area (Å²) in [6.45, 7) is 2.23. The van der Waals surface area contributed by atoms with Crippen LogP contribution in [0.1, 0.15) is 53.7 Å². The molecule has 1 aromatic rings. The largest absolute Gasteiger partial charge is 0.476 e. The highest BCUT2D eigenvalue weighted by atomic mass is 32.1. The Kier molecular flexibility index (Phi) is 2.78. The van der Waals surface area contributed by atoms with Gasteiger partial charge in [0.25, 0.3) is 0 Å². The Balaban J connectivity index is 2.23. The molecule has 1 N–H and O–H groups in total. The average Bonchev–Trinajstić information content (AvgIpc) is 2.68. The predicted octanol–water partition coefficient (Wildman–Crippen LogP) is 3.06. The van der Waals surface area contributed by atoms with Crippen LogP contribution >= 0.6 is 11.3 Å². The van der Waals surface area contributed by atoms with Crippen LogP contribution in [0.5, 0.6) is 0 Å². The van der Waals surface area contributed by atoms with Crippen LogP contribution < -0.4 is 0 Å². The average molecular weight is 225 g/mol. The molecule has 1 fully saturated rings. The number of nitrogens with zero attached hydrogens (tertiary/aromatic N) is 1. The molecule has 1 aliphatic rings. The molecule has 1 aromatic heterocycles. The highest BCUT2D eigenvalue weighted by Crippen LogP contribution is 2.41. The number of aromatic carboxylic acids is 1. The summed E-state index contributed by atoms with van der Waals surface area (Å²) in [7, 11) is 0. The Morgan fingerprint density at radius 1 is 1.47 bits per heavy atom. The van der Waals surface area contributed by atoms with E-state index in [0.717, 1.165) is 17.7 Å². The highest BCUT2D eigenvalue weighted by molar-refractivity contribution is 7.13. The van der Waals surface area contributed by atoms with Gasteiger partial charge in [0.1, 0.15) is 0 Å². The fraction of sp³-hybridized carbons (Fsp3) is 0.636. The molecule has 2 rings (SSSR count). The summed E-state index contributed by atoms with van der Waals surface area (Å²) in [6, 6.07) is 0. The van der Waals surface area contributed by atoms with Crippen molar-refractivity contribution in [2.24, 2.45) is 0 Å². The monoisotopic (exact) mass is 225 g/mol. The molecule has 1 heterocycles. The number of carboxylic acids is 1. The van der Waals surface area contributed by atoms with Crippen LogP contribution in [-0.2, 0) is 5.41 Å². The van der Waals surface area contributed by atoms with Crippen LogP contribution in [0.4, 0.5) is 0 Å². The zero-order valence-electron chi connectivity index (χ0n) is 8.82. The van der Waals surface area contributed by atoms with Crippen molar-refractivity contribution in [1.82, 2.24) is 4.98 Å². The molecule has 0 radical (unpaired) electrons. The Bertz CT molecular complexity index is 366.